The molecule has 0 fully saturated rings. The Bertz CT molecular complexity index is 1100. The number of halogens is 4. The van der Waals surface area contributed by atoms with Crippen LogP contribution in [0.1, 0.15) is 21.7 Å². The number of rotatable bonds is 4. The second-order valence-corrected chi connectivity index (χ2v) is 6.91. The van der Waals surface area contributed by atoms with Gasteiger partial charge in [0.2, 0.25) is 0 Å². The molecule has 0 aliphatic carbocycles. The van der Waals surface area contributed by atoms with Gasteiger partial charge >= 0.3 is 6.18 Å². The number of nitrogens with zero attached hydrogens (tertiary/aromatic N) is 2. The predicted molar refractivity (Wildman–Crippen MR) is 108 cm³/mol. The van der Waals surface area contributed by atoms with Crippen molar-refractivity contribution in [1.82, 2.24) is 14.7 Å². The normalized spacial score (nSPS) is 11.1. The second kappa shape index (κ2) is 8.57. The molecule has 1 amide bonds. The number of carbonyl (C=O) groups excluding carboxylic acids is 1. The monoisotopic (exact) mass is 464 g/mol. The zero-order valence-electron chi connectivity index (χ0n) is 15.3. The van der Waals surface area contributed by atoms with Gasteiger partial charge in [0.1, 0.15) is 5.69 Å². The third-order valence-corrected chi connectivity index (χ3v) is 4.65. The van der Waals surface area contributed by atoms with Crippen molar-refractivity contribution in [1.29, 1.82) is 0 Å². The molecule has 3 aromatic rings. The molecule has 3 rings (SSSR count). The Balaban J connectivity index is 1.78. The van der Waals surface area contributed by atoms with E-state index in [9.17, 15) is 18.0 Å². The molecule has 29 heavy (non-hydrogen) atoms. The Kier molecular flexibility index (Phi) is 6.13. The number of carbonyl (C=O) groups is 1. The molecule has 0 saturated carbocycles. The van der Waals surface area contributed by atoms with Gasteiger partial charge in [-0.15, -0.1) is 0 Å². The highest BCUT2D eigenvalue weighted by Crippen LogP contribution is 2.26. The van der Waals surface area contributed by atoms with Crippen LogP contribution in [-0.2, 0) is 6.42 Å². The van der Waals surface area contributed by atoms with Crippen LogP contribution >= 0.6 is 15.9 Å². The van der Waals surface area contributed by atoms with Crippen LogP contribution in [0.25, 0.3) is 5.65 Å². The first-order chi connectivity index (χ1) is 13.8. The van der Waals surface area contributed by atoms with Crippen molar-refractivity contribution < 1.29 is 18.0 Å². The van der Waals surface area contributed by atoms with E-state index in [1.807, 2.05) is 0 Å². The van der Waals surface area contributed by atoms with Crippen LogP contribution < -0.4 is 10.6 Å². The summed E-state index contributed by atoms with van der Waals surface area (Å²) in [6, 6.07) is 10.1. The predicted octanol–water partition coefficient (Wildman–Crippen LogP) is 4.02. The van der Waals surface area contributed by atoms with E-state index in [1.54, 1.807) is 43.4 Å². The number of fused-ring (bicyclic) bond motifs is 1. The third kappa shape index (κ3) is 5.09. The van der Waals surface area contributed by atoms with E-state index >= 15 is 0 Å². The van der Waals surface area contributed by atoms with Gasteiger partial charge in [-0.2, -0.15) is 13.2 Å². The van der Waals surface area contributed by atoms with Gasteiger partial charge in [0, 0.05) is 24.5 Å². The zero-order chi connectivity index (χ0) is 21.0. The molecule has 0 aliphatic rings. The summed E-state index contributed by atoms with van der Waals surface area (Å²) < 4.78 is 41.0. The van der Waals surface area contributed by atoms with Gasteiger partial charge < -0.3 is 15.0 Å². The molecule has 0 saturated heterocycles. The van der Waals surface area contributed by atoms with E-state index in [2.05, 4.69) is 43.4 Å². The maximum Gasteiger partial charge on any atom is 0.394 e. The standard InChI is InChI=1S/C20H16BrF3N4O/c1-25-19(29)13-6-8-14(9-7-13)26-10-2-5-16-17(12-20(22,23)24)28-11-3-4-15(21)18(28)27-16/h3-4,6-9,11,26H,10,12H2,1H3,(H,25,29). The number of hydrogen-bond donors (Lipinski definition) is 2. The lowest BCUT2D eigenvalue weighted by Gasteiger charge is -2.07. The molecule has 2 heterocycles. The van der Waals surface area contributed by atoms with Crippen LogP contribution in [0.2, 0.25) is 0 Å². The van der Waals surface area contributed by atoms with Gasteiger partial charge in [0.05, 0.1) is 23.1 Å². The minimum absolute atomic E-state index is 0.00349. The Morgan fingerprint density at radius 1 is 1.24 bits per heavy atom. The van der Waals surface area contributed by atoms with Crippen LogP contribution in [0.4, 0.5) is 18.9 Å². The third-order valence-electron chi connectivity index (χ3n) is 4.03. The van der Waals surface area contributed by atoms with E-state index in [-0.39, 0.29) is 23.8 Å². The molecular weight excluding hydrogens is 449 g/mol. The molecule has 0 aliphatic heterocycles. The lowest BCUT2D eigenvalue weighted by molar-refractivity contribution is -0.128. The smallest absolute Gasteiger partial charge is 0.374 e. The SMILES string of the molecule is CNC(=O)c1ccc(NCC#Cc2nc3c(Br)cccn3c2CC(F)(F)F)cc1. The number of aromatic nitrogens is 2. The first-order valence-electron chi connectivity index (χ1n) is 8.55. The number of anilines is 1. The first-order valence-corrected chi connectivity index (χ1v) is 9.35. The van der Waals surface area contributed by atoms with E-state index < -0.39 is 12.6 Å². The van der Waals surface area contributed by atoms with Crippen LogP contribution in [-0.4, -0.2) is 35.1 Å². The Hall–Kier alpha value is -2.99. The van der Waals surface area contributed by atoms with Crippen molar-refractivity contribution in [3.8, 4) is 11.8 Å². The molecule has 0 radical (unpaired) electrons. The number of imidazole rings is 1. The quantitative estimate of drug-likeness (QED) is 0.573. The van der Waals surface area contributed by atoms with Crippen molar-refractivity contribution in [3.05, 3.63) is 64.0 Å². The lowest BCUT2D eigenvalue weighted by atomic mass is 10.2. The molecule has 1 aromatic carbocycles. The number of amides is 1. The number of hydrogen-bond acceptors (Lipinski definition) is 3. The Morgan fingerprint density at radius 3 is 2.62 bits per heavy atom. The van der Waals surface area contributed by atoms with E-state index in [0.29, 0.717) is 15.7 Å². The molecule has 0 atom stereocenters. The van der Waals surface area contributed by atoms with E-state index in [0.717, 1.165) is 5.69 Å². The van der Waals surface area contributed by atoms with Gasteiger partial charge in [0.15, 0.2) is 5.65 Å². The molecule has 0 bridgehead atoms. The fourth-order valence-corrected chi connectivity index (χ4v) is 3.13. The van der Waals surface area contributed by atoms with Crippen LogP contribution in [0.3, 0.4) is 0 Å². The number of alkyl halides is 3. The average Bonchev–Trinajstić information content (AvgIpc) is 3.02. The second-order valence-electron chi connectivity index (χ2n) is 6.06. The molecule has 2 N–H and O–H groups in total. The highest BCUT2D eigenvalue weighted by atomic mass is 79.9. The van der Waals surface area contributed by atoms with Gasteiger partial charge in [-0.05, 0) is 58.2 Å². The summed E-state index contributed by atoms with van der Waals surface area (Å²) >= 11 is 3.30. The molecule has 2 aromatic heterocycles. The van der Waals surface area contributed by atoms with Crippen molar-refractivity contribution in [2.45, 2.75) is 12.6 Å². The molecular formula is C20H16BrF3N4O. The van der Waals surface area contributed by atoms with Crippen LogP contribution in [0.5, 0.6) is 0 Å². The topological polar surface area (TPSA) is 58.4 Å². The molecule has 150 valence electrons. The summed E-state index contributed by atoms with van der Waals surface area (Å²) in [6.07, 6.45) is -3.96. The van der Waals surface area contributed by atoms with E-state index in [1.165, 1.54) is 10.6 Å². The Morgan fingerprint density at radius 2 is 1.97 bits per heavy atom. The number of benzene rings is 1. The van der Waals surface area contributed by atoms with Gasteiger partial charge in [0.25, 0.3) is 5.91 Å². The Labute approximate surface area is 173 Å². The summed E-state index contributed by atoms with van der Waals surface area (Å²) in [5.74, 6) is 5.35. The van der Waals surface area contributed by atoms with Crippen molar-refractivity contribution in [2.24, 2.45) is 0 Å². The summed E-state index contributed by atoms with van der Waals surface area (Å²) in [6.45, 7) is 0.208. The van der Waals surface area contributed by atoms with E-state index in [4.69, 9.17) is 0 Å². The average molecular weight is 465 g/mol. The van der Waals surface area contributed by atoms with Gasteiger partial charge in [-0.25, -0.2) is 4.98 Å². The fraction of sp³-hybridized carbons (Fsp3) is 0.200. The van der Waals surface area contributed by atoms with Crippen molar-refractivity contribution in [2.75, 3.05) is 18.9 Å². The largest absolute Gasteiger partial charge is 0.394 e. The molecule has 5 nitrogen and oxygen atoms in total. The lowest BCUT2D eigenvalue weighted by Crippen LogP contribution is -2.17. The first kappa shape index (κ1) is 20.7. The molecule has 0 unspecified atom stereocenters. The summed E-state index contributed by atoms with van der Waals surface area (Å²) in [7, 11) is 1.55. The zero-order valence-corrected chi connectivity index (χ0v) is 16.9. The van der Waals surface area contributed by atoms with Gasteiger partial charge in [-0.1, -0.05) is 5.92 Å². The molecule has 9 heteroatoms. The van der Waals surface area contributed by atoms with Crippen LogP contribution in [0.15, 0.2) is 47.1 Å². The summed E-state index contributed by atoms with van der Waals surface area (Å²) in [5, 5.41) is 5.57. The van der Waals surface area contributed by atoms with Crippen molar-refractivity contribution in [3.63, 3.8) is 0 Å². The maximum atomic E-state index is 13.0. The summed E-state index contributed by atoms with van der Waals surface area (Å²) in [5.41, 5.74) is 1.73. The minimum Gasteiger partial charge on any atom is -0.374 e. The van der Waals surface area contributed by atoms with Crippen molar-refractivity contribution >= 4 is 33.2 Å². The maximum absolute atomic E-state index is 13.0. The van der Waals surface area contributed by atoms with Crippen LogP contribution in [0, 0.1) is 11.8 Å². The highest BCUT2D eigenvalue weighted by Gasteiger charge is 2.31. The minimum atomic E-state index is -4.38. The number of pyridine rings is 1. The molecule has 0 spiro atoms. The fourth-order valence-electron chi connectivity index (χ4n) is 2.70. The summed E-state index contributed by atoms with van der Waals surface area (Å²) in [4.78, 5) is 15.8. The highest BCUT2D eigenvalue weighted by molar-refractivity contribution is 9.10. The number of nitrogens with one attached hydrogen (secondary N) is 2. The van der Waals surface area contributed by atoms with Gasteiger partial charge in [-0.3, -0.25) is 4.79 Å².